The summed E-state index contributed by atoms with van der Waals surface area (Å²) in [7, 11) is 0. The molecule has 5 heteroatoms. The van der Waals surface area contributed by atoms with Crippen molar-refractivity contribution in [3.63, 3.8) is 0 Å². The first-order chi connectivity index (χ1) is 9.38. The van der Waals surface area contributed by atoms with Crippen LogP contribution >= 0.6 is 0 Å². The Morgan fingerprint density at radius 1 is 1.30 bits per heavy atom. The smallest absolute Gasteiger partial charge is 0.388 e. The number of halogens is 3. The van der Waals surface area contributed by atoms with E-state index in [9.17, 15) is 18.3 Å². The van der Waals surface area contributed by atoms with E-state index in [1.165, 1.54) is 6.07 Å². The van der Waals surface area contributed by atoms with Gasteiger partial charge in [0.2, 0.25) is 0 Å². The molecule has 2 nitrogen and oxygen atoms in total. The number of fused-ring (bicyclic) bond motifs is 1. The van der Waals surface area contributed by atoms with Gasteiger partial charge in [0.25, 0.3) is 0 Å². The molecular formula is C15H18F3NO. The number of alkyl halides is 3. The van der Waals surface area contributed by atoms with Crippen LogP contribution in [-0.2, 0) is 12.6 Å². The number of benzene rings is 1. The summed E-state index contributed by atoms with van der Waals surface area (Å²) in [6.07, 6.45) is -1.37. The Labute approximate surface area is 116 Å². The molecule has 0 bridgehead atoms. The van der Waals surface area contributed by atoms with Crippen molar-refractivity contribution in [2.45, 2.75) is 43.5 Å². The van der Waals surface area contributed by atoms with Gasteiger partial charge in [0.15, 0.2) is 0 Å². The minimum atomic E-state index is -4.33. The maximum atomic E-state index is 12.7. The van der Waals surface area contributed by atoms with E-state index in [1.807, 2.05) is 0 Å². The van der Waals surface area contributed by atoms with Crippen LogP contribution in [0, 0.1) is 0 Å². The minimum Gasteiger partial charge on any atom is -0.388 e. The maximum absolute atomic E-state index is 12.7. The van der Waals surface area contributed by atoms with Gasteiger partial charge in [-0.1, -0.05) is 18.2 Å². The Bertz CT molecular complexity index is 502. The first kappa shape index (κ1) is 13.9. The zero-order valence-corrected chi connectivity index (χ0v) is 11.2. The molecule has 0 radical (unpaired) electrons. The molecule has 2 unspecified atom stereocenters. The Morgan fingerprint density at radius 3 is 2.85 bits per heavy atom. The van der Waals surface area contributed by atoms with Crippen molar-refractivity contribution in [3.05, 3.63) is 35.4 Å². The number of hydrogen-bond donors (Lipinski definition) is 1. The number of nitrogens with zero attached hydrogens (tertiary/aromatic N) is 1. The van der Waals surface area contributed by atoms with Crippen molar-refractivity contribution in [3.8, 4) is 0 Å². The maximum Gasteiger partial charge on any atom is 0.416 e. The molecule has 2 atom stereocenters. The first-order valence-corrected chi connectivity index (χ1v) is 7.01. The molecule has 20 heavy (non-hydrogen) atoms. The third kappa shape index (κ3) is 2.44. The molecule has 2 aliphatic heterocycles. The Hall–Kier alpha value is -1.07. The largest absolute Gasteiger partial charge is 0.416 e. The molecule has 1 aromatic rings. The lowest BCUT2D eigenvalue weighted by atomic mass is 9.86. The van der Waals surface area contributed by atoms with E-state index in [0.29, 0.717) is 18.4 Å². The third-order valence-corrected chi connectivity index (χ3v) is 4.58. The van der Waals surface area contributed by atoms with Gasteiger partial charge in [0.05, 0.1) is 11.2 Å². The first-order valence-electron chi connectivity index (χ1n) is 7.01. The van der Waals surface area contributed by atoms with Crippen molar-refractivity contribution >= 4 is 0 Å². The van der Waals surface area contributed by atoms with Gasteiger partial charge in [0, 0.05) is 19.0 Å². The summed E-state index contributed by atoms with van der Waals surface area (Å²) in [6.45, 7) is 1.84. The van der Waals surface area contributed by atoms with Crippen LogP contribution in [0.2, 0.25) is 0 Å². The summed E-state index contributed by atoms with van der Waals surface area (Å²) in [5.74, 6) is 0. The SMILES string of the molecule is OC1(Cc2cccc(C(F)(F)F)c2)CCN2CCCC21. The van der Waals surface area contributed by atoms with E-state index in [-0.39, 0.29) is 6.04 Å². The molecule has 2 aliphatic rings. The predicted octanol–water partition coefficient (Wildman–Crippen LogP) is 2.85. The highest BCUT2D eigenvalue weighted by atomic mass is 19.4. The topological polar surface area (TPSA) is 23.5 Å². The van der Waals surface area contributed by atoms with Gasteiger partial charge in [-0.25, -0.2) is 0 Å². The van der Waals surface area contributed by atoms with E-state index in [1.54, 1.807) is 6.07 Å². The molecule has 3 rings (SSSR count). The van der Waals surface area contributed by atoms with E-state index >= 15 is 0 Å². The predicted molar refractivity (Wildman–Crippen MR) is 69.3 cm³/mol. The number of hydrogen-bond acceptors (Lipinski definition) is 2. The number of aliphatic hydroxyl groups is 1. The summed E-state index contributed by atoms with van der Waals surface area (Å²) in [5.41, 5.74) is -0.947. The lowest BCUT2D eigenvalue weighted by Gasteiger charge is -2.30. The highest BCUT2D eigenvalue weighted by molar-refractivity contribution is 5.27. The van der Waals surface area contributed by atoms with Gasteiger partial charge in [-0.15, -0.1) is 0 Å². The van der Waals surface area contributed by atoms with Gasteiger partial charge in [0.1, 0.15) is 0 Å². The Morgan fingerprint density at radius 2 is 2.10 bits per heavy atom. The third-order valence-electron chi connectivity index (χ3n) is 4.58. The molecule has 0 amide bonds. The molecular weight excluding hydrogens is 267 g/mol. The van der Waals surface area contributed by atoms with E-state index in [2.05, 4.69) is 4.90 Å². The van der Waals surface area contributed by atoms with Crippen LogP contribution in [0.3, 0.4) is 0 Å². The zero-order chi connectivity index (χ0) is 14.4. The summed E-state index contributed by atoms with van der Waals surface area (Å²) >= 11 is 0. The van der Waals surface area contributed by atoms with Crippen molar-refractivity contribution in [1.29, 1.82) is 0 Å². The molecule has 2 saturated heterocycles. The van der Waals surface area contributed by atoms with Crippen LogP contribution in [-0.4, -0.2) is 34.7 Å². The molecule has 0 spiro atoms. The van der Waals surface area contributed by atoms with Crippen LogP contribution in [0.4, 0.5) is 13.2 Å². The second-order valence-corrected chi connectivity index (χ2v) is 5.92. The highest BCUT2D eigenvalue weighted by Gasteiger charge is 2.47. The molecule has 1 N–H and O–H groups in total. The van der Waals surface area contributed by atoms with Crippen LogP contribution < -0.4 is 0 Å². The molecule has 110 valence electrons. The average Bonchev–Trinajstić information content (AvgIpc) is 2.94. The fraction of sp³-hybridized carbons (Fsp3) is 0.600. The summed E-state index contributed by atoms with van der Waals surface area (Å²) in [5, 5.41) is 10.8. The van der Waals surface area contributed by atoms with Crippen molar-refractivity contribution in [2.24, 2.45) is 0 Å². The Balaban J connectivity index is 1.81. The van der Waals surface area contributed by atoms with Gasteiger partial charge >= 0.3 is 6.18 Å². The monoisotopic (exact) mass is 285 g/mol. The van der Waals surface area contributed by atoms with Crippen molar-refractivity contribution < 1.29 is 18.3 Å². The van der Waals surface area contributed by atoms with Crippen LogP contribution in [0.25, 0.3) is 0 Å². The molecule has 1 aromatic carbocycles. The standard InChI is InChI=1S/C15H18F3NO/c16-15(17,18)12-4-1-3-11(9-12)10-14(20)6-8-19-7-2-5-13(14)19/h1,3-4,9,13,20H,2,5-8,10H2. The fourth-order valence-electron chi connectivity index (χ4n) is 3.62. The lowest BCUT2D eigenvalue weighted by molar-refractivity contribution is -0.137. The van der Waals surface area contributed by atoms with Gasteiger partial charge < -0.3 is 5.11 Å². The molecule has 2 heterocycles. The van der Waals surface area contributed by atoms with Crippen molar-refractivity contribution in [2.75, 3.05) is 13.1 Å². The van der Waals surface area contributed by atoms with Crippen LogP contribution in [0.1, 0.15) is 30.4 Å². The Kier molecular flexibility index (Phi) is 3.29. The van der Waals surface area contributed by atoms with Gasteiger partial charge in [-0.3, -0.25) is 4.90 Å². The van der Waals surface area contributed by atoms with Gasteiger partial charge in [-0.2, -0.15) is 13.2 Å². The van der Waals surface area contributed by atoms with E-state index in [0.717, 1.165) is 38.1 Å². The average molecular weight is 285 g/mol. The summed E-state index contributed by atoms with van der Waals surface area (Å²) in [4.78, 5) is 2.26. The highest BCUT2D eigenvalue weighted by Crippen LogP contribution is 2.38. The van der Waals surface area contributed by atoms with Crippen LogP contribution in [0.5, 0.6) is 0 Å². The molecule has 0 aromatic heterocycles. The van der Waals surface area contributed by atoms with E-state index < -0.39 is 17.3 Å². The molecule has 0 aliphatic carbocycles. The summed E-state index contributed by atoms with van der Waals surface area (Å²) < 4.78 is 38.2. The lowest BCUT2D eigenvalue weighted by Crippen LogP contribution is -2.43. The van der Waals surface area contributed by atoms with Crippen molar-refractivity contribution in [1.82, 2.24) is 4.90 Å². The summed E-state index contributed by atoms with van der Waals surface area (Å²) in [6, 6.07) is 5.44. The van der Waals surface area contributed by atoms with Gasteiger partial charge in [-0.05, 0) is 37.4 Å². The number of rotatable bonds is 2. The quantitative estimate of drug-likeness (QED) is 0.903. The molecule has 2 fully saturated rings. The second kappa shape index (κ2) is 4.74. The molecule has 0 saturated carbocycles. The van der Waals surface area contributed by atoms with Crippen LogP contribution in [0.15, 0.2) is 24.3 Å². The fourth-order valence-corrected chi connectivity index (χ4v) is 3.62. The normalized spacial score (nSPS) is 30.7. The minimum absolute atomic E-state index is 0.108. The second-order valence-electron chi connectivity index (χ2n) is 5.92. The zero-order valence-electron chi connectivity index (χ0n) is 11.2. The van der Waals surface area contributed by atoms with E-state index in [4.69, 9.17) is 0 Å².